The van der Waals surface area contributed by atoms with Crippen LogP contribution in [-0.2, 0) is 15.0 Å². The molecule has 6 nitrogen and oxygen atoms in total. The smallest absolute Gasteiger partial charge is 0.410 e. The Bertz CT molecular complexity index is 680. The van der Waals surface area contributed by atoms with Gasteiger partial charge in [-0.2, -0.15) is 0 Å². The van der Waals surface area contributed by atoms with Crippen molar-refractivity contribution in [3.8, 4) is 0 Å². The maximum absolute atomic E-state index is 12.4. The van der Waals surface area contributed by atoms with Gasteiger partial charge in [0, 0.05) is 0 Å². The SMILES string of the molecule is Cc1ccccc1C1(NC(=O)OC(C)(C)C)CN(C(=O)OC(C)(C)C)C1. The van der Waals surface area contributed by atoms with Crippen molar-refractivity contribution >= 4 is 12.2 Å². The highest BCUT2D eigenvalue weighted by Gasteiger charge is 2.50. The molecule has 6 heteroatoms. The van der Waals surface area contributed by atoms with Crippen molar-refractivity contribution in [3.63, 3.8) is 0 Å². The summed E-state index contributed by atoms with van der Waals surface area (Å²) in [7, 11) is 0. The van der Waals surface area contributed by atoms with E-state index < -0.39 is 22.8 Å². The molecule has 1 heterocycles. The number of alkyl carbamates (subject to hydrolysis) is 1. The van der Waals surface area contributed by atoms with Crippen LogP contribution in [0.25, 0.3) is 0 Å². The van der Waals surface area contributed by atoms with Gasteiger partial charge in [0.1, 0.15) is 16.7 Å². The summed E-state index contributed by atoms with van der Waals surface area (Å²) in [5.74, 6) is 0. The number of nitrogens with one attached hydrogen (secondary N) is 1. The van der Waals surface area contributed by atoms with Gasteiger partial charge in [0.15, 0.2) is 0 Å². The zero-order valence-corrected chi connectivity index (χ0v) is 16.8. The molecule has 0 atom stereocenters. The van der Waals surface area contributed by atoms with Crippen LogP contribution in [0.3, 0.4) is 0 Å². The molecule has 0 radical (unpaired) electrons. The average molecular weight is 362 g/mol. The number of nitrogens with zero attached hydrogens (tertiary/aromatic N) is 1. The summed E-state index contributed by atoms with van der Waals surface area (Å²) in [6, 6.07) is 7.84. The molecule has 1 aromatic carbocycles. The standard InChI is InChI=1S/C20H30N2O4/c1-14-10-8-9-11-15(14)20(21-16(23)25-18(2,3)4)12-22(13-20)17(24)26-19(5,6)7/h8-11H,12-13H2,1-7H3,(H,21,23). The fourth-order valence-electron chi connectivity index (χ4n) is 2.99. The summed E-state index contributed by atoms with van der Waals surface area (Å²) in [5, 5.41) is 2.98. The van der Waals surface area contributed by atoms with E-state index in [1.807, 2.05) is 72.7 Å². The van der Waals surface area contributed by atoms with Crippen LogP contribution in [0.15, 0.2) is 24.3 Å². The molecule has 0 unspecified atom stereocenters. The predicted octanol–water partition coefficient (Wildman–Crippen LogP) is 3.97. The van der Waals surface area contributed by atoms with Crippen LogP contribution in [0.2, 0.25) is 0 Å². The lowest BCUT2D eigenvalue weighted by molar-refractivity contribution is -0.0231. The van der Waals surface area contributed by atoms with Gasteiger partial charge in [0.2, 0.25) is 0 Å². The molecule has 1 aliphatic rings. The van der Waals surface area contributed by atoms with Crippen molar-refractivity contribution < 1.29 is 19.1 Å². The van der Waals surface area contributed by atoms with E-state index in [4.69, 9.17) is 9.47 Å². The van der Waals surface area contributed by atoms with Gasteiger partial charge in [-0.3, -0.25) is 0 Å². The molecule has 1 aliphatic heterocycles. The topological polar surface area (TPSA) is 67.9 Å². The third-order valence-corrected chi connectivity index (χ3v) is 3.97. The van der Waals surface area contributed by atoms with Gasteiger partial charge in [0.05, 0.1) is 13.1 Å². The molecule has 1 fully saturated rings. The first-order valence-corrected chi connectivity index (χ1v) is 8.87. The highest BCUT2D eigenvalue weighted by Crippen LogP contribution is 2.35. The lowest BCUT2D eigenvalue weighted by Crippen LogP contribution is -2.69. The number of likely N-dealkylation sites (tertiary alicyclic amines) is 1. The van der Waals surface area contributed by atoms with Gasteiger partial charge >= 0.3 is 12.2 Å². The molecule has 0 bridgehead atoms. The van der Waals surface area contributed by atoms with Gasteiger partial charge < -0.3 is 19.7 Å². The van der Waals surface area contributed by atoms with E-state index >= 15 is 0 Å². The number of hydrogen-bond donors (Lipinski definition) is 1. The number of carbonyl (C=O) groups excluding carboxylic acids is 2. The first kappa shape index (κ1) is 20.1. The van der Waals surface area contributed by atoms with E-state index in [-0.39, 0.29) is 6.09 Å². The molecule has 2 amide bonds. The van der Waals surface area contributed by atoms with Crippen molar-refractivity contribution in [2.24, 2.45) is 0 Å². The molecule has 2 rings (SSSR count). The molecule has 1 saturated heterocycles. The first-order chi connectivity index (χ1) is 11.8. The van der Waals surface area contributed by atoms with E-state index in [9.17, 15) is 9.59 Å². The zero-order chi connectivity index (χ0) is 19.8. The van der Waals surface area contributed by atoms with E-state index in [1.165, 1.54) is 0 Å². The average Bonchev–Trinajstić information content (AvgIpc) is 2.39. The van der Waals surface area contributed by atoms with Gasteiger partial charge in [-0.1, -0.05) is 24.3 Å². The fourth-order valence-corrected chi connectivity index (χ4v) is 2.99. The summed E-state index contributed by atoms with van der Waals surface area (Å²) >= 11 is 0. The predicted molar refractivity (Wildman–Crippen MR) is 100 cm³/mol. The number of benzene rings is 1. The number of hydrogen-bond acceptors (Lipinski definition) is 4. The number of rotatable bonds is 2. The Labute approximate surface area is 155 Å². The van der Waals surface area contributed by atoms with Gasteiger partial charge in [0.25, 0.3) is 0 Å². The number of amides is 2. The third-order valence-electron chi connectivity index (χ3n) is 3.97. The molecule has 26 heavy (non-hydrogen) atoms. The summed E-state index contributed by atoms with van der Waals surface area (Å²) < 4.78 is 10.9. The molecule has 1 aromatic rings. The second kappa shape index (κ2) is 6.82. The highest BCUT2D eigenvalue weighted by atomic mass is 16.6. The molecular formula is C20H30N2O4. The molecular weight excluding hydrogens is 332 g/mol. The van der Waals surface area contributed by atoms with E-state index in [1.54, 1.807) is 4.90 Å². The monoisotopic (exact) mass is 362 g/mol. The largest absolute Gasteiger partial charge is 0.444 e. The Kier molecular flexibility index (Phi) is 5.26. The summed E-state index contributed by atoms with van der Waals surface area (Å²) in [5.41, 5.74) is 0.199. The lowest BCUT2D eigenvalue weighted by atomic mass is 9.80. The highest BCUT2D eigenvalue weighted by molar-refractivity contribution is 5.73. The summed E-state index contributed by atoms with van der Waals surface area (Å²) in [6.45, 7) is 13.6. The minimum Gasteiger partial charge on any atom is -0.444 e. The molecule has 0 spiro atoms. The fraction of sp³-hybridized carbons (Fsp3) is 0.600. The molecule has 0 aromatic heterocycles. The Balaban J connectivity index is 2.20. The van der Waals surface area contributed by atoms with Gasteiger partial charge in [-0.15, -0.1) is 0 Å². The summed E-state index contributed by atoms with van der Waals surface area (Å²) in [6.07, 6.45) is -0.878. The van der Waals surface area contributed by atoms with E-state index in [0.717, 1.165) is 11.1 Å². The third kappa shape index (κ3) is 4.90. The van der Waals surface area contributed by atoms with Crippen LogP contribution >= 0.6 is 0 Å². The molecule has 1 N–H and O–H groups in total. The molecule has 144 valence electrons. The van der Waals surface area contributed by atoms with Gasteiger partial charge in [-0.25, -0.2) is 9.59 Å². The van der Waals surface area contributed by atoms with Crippen LogP contribution in [-0.4, -0.2) is 41.4 Å². The van der Waals surface area contributed by atoms with Crippen LogP contribution in [0.5, 0.6) is 0 Å². The van der Waals surface area contributed by atoms with Crippen molar-refractivity contribution in [2.75, 3.05) is 13.1 Å². The van der Waals surface area contributed by atoms with Crippen LogP contribution in [0.1, 0.15) is 52.7 Å². The van der Waals surface area contributed by atoms with Crippen LogP contribution < -0.4 is 5.32 Å². The number of carbonyl (C=O) groups is 2. The Morgan fingerprint density at radius 2 is 1.54 bits per heavy atom. The van der Waals surface area contributed by atoms with Crippen molar-refractivity contribution in [2.45, 2.75) is 65.2 Å². The number of aryl methyl sites for hydroxylation is 1. The summed E-state index contributed by atoms with van der Waals surface area (Å²) in [4.78, 5) is 26.3. The minimum atomic E-state index is -0.676. The zero-order valence-electron chi connectivity index (χ0n) is 16.8. The minimum absolute atomic E-state index is 0.339. The normalized spacial score (nSPS) is 16.5. The maximum atomic E-state index is 12.4. The molecule has 0 aliphatic carbocycles. The van der Waals surface area contributed by atoms with Crippen LogP contribution in [0.4, 0.5) is 9.59 Å². The van der Waals surface area contributed by atoms with E-state index in [0.29, 0.717) is 13.1 Å². The van der Waals surface area contributed by atoms with Crippen molar-refractivity contribution in [3.05, 3.63) is 35.4 Å². The Morgan fingerprint density at radius 1 is 1.00 bits per heavy atom. The number of ether oxygens (including phenoxy) is 2. The quantitative estimate of drug-likeness (QED) is 0.864. The van der Waals surface area contributed by atoms with Crippen molar-refractivity contribution in [1.29, 1.82) is 0 Å². The molecule has 0 saturated carbocycles. The second-order valence-corrected chi connectivity index (χ2v) is 8.86. The van der Waals surface area contributed by atoms with Crippen LogP contribution in [0, 0.1) is 6.92 Å². The van der Waals surface area contributed by atoms with Gasteiger partial charge in [-0.05, 0) is 59.6 Å². The first-order valence-electron chi connectivity index (χ1n) is 8.87. The maximum Gasteiger partial charge on any atom is 0.410 e. The Hall–Kier alpha value is -2.24. The lowest BCUT2D eigenvalue weighted by Gasteiger charge is -2.50. The second-order valence-electron chi connectivity index (χ2n) is 8.86. The van der Waals surface area contributed by atoms with E-state index in [2.05, 4.69) is 5.32 Å². The Morgan fingerprint density at radius 3 is 2.04 bits per heavy atom. The van der Waals surface area contributed by atoms with Crippen molar-refractivity contribution in [1.82, 2.24) is 10.2 Å².